The molecule has 1 saturated heterocycles. The van der Waals surface area contributed by atoms with Crippen molar-refractivity contribution in [2.24, 2.45) is 0 Å². The SMILES string of the molecule is COC(=O)c1ccc([C@H](c2ccc(Cl)cc2)N2CC(CS(=O)(=O)Cc3cc(F)cc(F)c3)(OC(C)=O)C2)cc1. The number of benzene rings is 3. The average molecular weight is 578 g/mol. The maximum absolute atomic E-state index is 13.6. The summed E-state index contributed by atoms with van der Waals surface area (Å²) in [7, 11) is -2.65. The summed E-state index contributed by atoms with van der Waals surface area (Å²) >= 11 is 6.09. The molecule has 1 aliphatic heterocycles. The number of hydrogen-bond donors (Lipinski definition) is 0. The van der Waals surface area contributed by atoms with Crippen molar-refractivity contribution >= 4 is 33.4 Å². The van der Waals surface area contributed by atoms with E-state index in [-0.39, 0.29) is 24.7 Å². The second-order valence-electron chi connectivity index (χ2n) is 9.56. The normalized spacial score (nSPS) is 15.7. The summed E-state index contributed by atoms with van der Waals surface area (Å²) < 4.78 is 63.7. The maximum Gasteiger partial charge on any atom is 0.337 e. The Bertz CT molecular complexity index is 1450. The van der Waals surface area contributed by atoms with Gasteiger partial charge in [0.05, 0.1) is 30.2 Å². The molecular formula is C28H26ClF2NO6S. The summed E-state index contributed by atoms with van der Waals surface area (Å²) in [6.45, 7) is 1.35. The van der Waals surface area contributed by atoms with Crippen molar-refractivity contribution in [3.05, 3.63) is 106 Å². The molecule has 4 rings (SSSR count). The van der Waals surface area contributed by atoms with E-state index in [1.54, 1.807) is 36.4 Å². The van der Waals surface area contributed by atoms with Gasteiger partial charge in [-0.15, -0.1) is 0 Å². The van der Waals surface area contributed by atoms with Crippen molar-refractivity contribution in [3.8, 4) is 0 Å². The van der Waals surface area contributed by atoms with Crippen LogP contribution < -0.4 is 0 Å². The molecule has 39 heavy (non-hydrogen) atoms. The number of nitrogens with zero attached hydrogens (tertiary/aromatic N) is 1. The largest absolute Gasteiger partial charge is 0.465 e. The molecule has 0 aromatic heterocycles. The maximum atomic E-state index is 13.6. The molecule has 11 heteroatoms. The zero-order chi connectivity index (χ0) is 28.4. The zero-order valence-corrected chi connectivity index (χ0v) is 22.8. The van der Waals surface area contributed by atoms with Crippen LogP contribution in [-0.2, 0) is 29.9 Å². The van der Waals surface area contributed by atoms with E-state index in [1.165, 1.54) is 14.0 Å². The fourth-order valence-electron chi connectivity index (χ4n) is 4.95. The highest BCUT2D eigenvalue weighted by molar-refractivity contribution is 7.90. The lowest BCUT2D eigenvalue weighted by molar-refractivity contribution is -0.175. The van der Waals surface area contributed by atoms with Crippen LogP contribution in [0.2, 0.25) is 5.02 Å². The highest BCUT2D eigenvalue weighted by atomic mass is 35.5. The Morgan fingerprint density at radius 2 is 1.51 bits per heavy atom. The molecule has 1 atom stereocenters. The summed E-state index contributed by atoms with van der Waals surface area (Å²) in [5, 5.41) is 0.538. The minimum atomic E-state index is -3.94. The van der Waals surface area contributed by atoms with E-state index in [2.05, 4.69) is 0 Å². The lowest BCUT2D eigenvalue weighted by atomic mass is 9.88. The molecule has 0 amide bonds. The highest BCUT2D eigenvalue weighted by Gasteiger charge is 2.51. The van der Waals surface area contributed by atoms with Crippen LogP contribution in [0.5, 0.6) is 0 Å². The van der Waals surface area contributed by atoms with E-state index < -0.39 is 50.5 Å². The number of likely N-dealkylation sites (tertiary alicyclic amines) is 1. The Balaban J connectivity index is 1.61. The molecule has 7 nitrogen and oxygen atoms in total. The number of methoxy groups -OCH3 is 1. The van der Waals surface area contributed by atoms with Crippen LogP contribution in [0.15, 0.2) is 66.7 Å². The van der Waals surface area contributed by atoms with E-state index in [4.69, 9.17) is 21.1 Å². The number of halogens is 3. The number of hydrogen-bond acceptors (Lipinski definition) is 7. The van der Waals surface area contributed by atoms with Gasteiger partial charge < -0.3 is 9.47 Å². The van der Waals surface area contributed by atoms with Crippen molar-refractivity contribution in [1.29, 1.82) is 0 Å². The third-order valence-corrected chi connectivity index (χ3v) is 8.32. The number of sulfone groups is 1. The van der Waals surface area contributed by atoms with E-state index in [9.17, 15) is 26.8 Å². The number of ether oxygens (including phenoxy) is 2. The van der Waals surface area contributed by atoms with Gasteiger partial charge in [0.2, 0.25) is 0 Å². The predicted molar refractivity (Wildman–Crippen MR) is 141 cm³/mol. The molecule has 1 aliphatic rings. The second-order valence-corrected chi connectivity index (χ2v) is 12.1. The first kappa shape index (κ1) is 28.7. The molecule has 0 radical (unpaired) electrons. The molecule has 0 N–H and O–H groups in total. The van der Waals surface area contributed by atoms with Crippen LogP contribution in [0.3, 0.4) is 0 Å². The first-order chi connectivity index (χ1) is 18.4. The third kappa shape index (κ3) is 7.00. The second kappa shape index (κ2) is 11.4. The van der Waals surface area contributed by atoms with Gasteiger partial charge in [0, 0.05) is 31.1 Å². The first-order valence-corrected chi connectivity index (χ1v) is 14.1. The summed E-state index contributed by atoms with van der Waals surface area (Å²) in [6, 6.07) is 16.1. The predicted octanol–water partition coefficient (Wildman–Crippen LogP) is 4.73. The summed E-state index contributed by atoms with van der Waals surface area (Å²) in [5.41, 5.74) is 0.632. The number of carbonyl (C=O) groups excluding carboxylic acids is 2. The summed E-state index contributed by atoms with van der Waals surface area (Å²) in [6.07, 6.45) is 0. The minimum Gasteiger partial charge on any atom is -0.465 e. The molecule has 0 saturated carbocycles. The molecule has 0 unspecified atom stereocenters. The third-order valence-electron chi connectivity index (χ3n) is 6.33. The van der Waals surface area contributed by atoms with Crippen LogP contribution in [0.4, 0.5) is 8.78 Å². The minimum absolute atomic E-state index is 0.0357. The van der Waals surface area contributed by atoms with Crippen molar-refractivity contribution < 1.29 is 36.3 Å². The van der Waals surface area contributed by atoms with Gasteiger partial charge in [-0.1, -0.05) is 35.9 Å². The van der Waals surface area contributed by atoms with Gasteiger partial charge >= 0.3 is 11.9 Å². The van der Waals surface area contributed by atoms with E-state index in [0.29, 0.717) is 16.7 Å². The van der Waals surface area contributed by atoms with Crippen molar-refractivity contribution in [3.63, 3.8) is 0 Å². The van der Waals surface area contributed by atoms with Crippen LogP contribution in [0.25, 0.3) is 0 Å². The topological polar surface area (TPSA) is 90.0 Å². The lowest BCUT2D eigenvalue weighted by Crippen LogP contribution is -2.67. The van der Waals surface area contributed by atoms with Gasteiger partial charge in [-0.25, -0.2) is 22.0 Å². The van der Waals surface area contributed by atoms with Crippen molar-refractivity contribution in [1.82, 2.24) is 4.90 Å². The molecule has 3 aromatic rings. The van der Waals surface area contributed by atoms with Crippen LogP contribution in [0, 0.1) is 11.6 Å². The smallest absolute Gasteiger partial charge is 0.337 e. The van der Waals surface area contributed by atoms with Gasteiger partial charge in [-0.3, -0.25) is 9.69 Å². The molecule has 1 heterocycles. The van der Waals surface area contributed by atoms with Crippen LogP contribution in [0.1, 0.15) is 40.0 Å². The highest BCUT2D eigenvalue weighted by Crippen LogP contribution is 2.39. The monoisotopic (exact) mass is 577 g/mol. The first-order valence-electron chi connectivity index (χ1n) is 11.9. The summed E-state index contributed by atoms with van der Waals surface area (Å²) in [4.78, 5) is 25.8. The Morgan fingerprint density at radius 1 is 0.974 bits per heavy atom. The van der Waals surface area contributed by atoms with E-state index in [1.807, 2.05) is 17.0 Å². The molecule has 0 bridgehead atoms. The fraction of sp³-hybridized carbons (Fsp3) is 0.286. The van der Waals surface area contributed by atoms with E-state index in [0.717, 1.165) is 23.3 Å². The number of rotatable bonds is 9. The lowest BCUT2D eigenvalue weighted by Gasteiger charge is -2.52. The quantitative estimate of drug-likeness (QED) is 0.340. The number of esters is 2. The van der Waals surface area contributed by atoms with E-state index >= 15 is 0 Å². The van der Waals surface area contributed by atoms with Gasteiger partial charge in [0.25, 0.3) is 0 Å². The Kier molecular flexibility index (Phi) is 8.39. The van der Waals surface area contributed by atoms with Gasteiger partial charge in [-0.2, -0.15) is 0 Å². The molecule has 0 aliphatic carbocycles. The number of carbonyl (C=O) groups is 2. The van der Waals surface area contributed by atoms with Gasteiger partial charge in [-0.05, 0) is 53.1 Å². The average Bonchev–Trinajstić information content (AvgIpc) is 2.82. The standard InChI is InChI=1S/C28H26ClF2NO6S/c1-18(33)38-28(17-39(35,36)14-19-11-24(30)13-25(31)12-19)15-32(16-28)26(21-7-9-23(29)10-8-21)20-3-5-22(6-4-20)27(34)37-2/h3-13,26H,14-17H2,1-2H3/t26-/m1/s1. The molecule has 206 valence electrons. The molecular weight excluding hydrogens is 552 g/mol. The molecule has 1 fully saturated rings. The van der Waals surface area contributed by atoms with Crippen LogP contribution in [-0.4, -0.2) is 56.8 Å². The van der Waals surface area contributed by atoms with Crippen molar-refractivity contribution in [2.75, 3.05) is 26.0 Å². The Hall–Kier alpha value is -3.34. The summed E-state index contributed by atoms with van der Waals surface area (Å²) in [5.74, 6) is -4.02. The Labute approximate surface area is 230 Å². The Morgan fingerprint density at radius 3 is 2.03 bits per heavy atom. The molecule has 3 aromatic carbocycles. The van der Waals surface area contributed by atoms with Gasteiger partial charge in [0.1, 0.15) is 11.6 Å². The van der Waals surface area contributed by atoms with Crippen molar-refractivity contribution in [2.45, 2.75) is 24.3 Å². The fourth-order valence-corrected chi connectivity index (χ4v) is 6.89. The van der Waals surface area contributed by atoms with Gasteiger partial charge in [0.15, 0.2) is 15.4 Å². The molecule has 0 spiro atoms. The van der Waals surface area contributed by atoms with Crippen LogP contribution >= 0.6 is 11.6 Å². The zero-order valence-electron chi connectivity index (χ0n) is 21.2.